The molecule has 2 rings (SSSR count). The number of hydrazine groups is 1. The first kappa shape index (κ1) is 11.9. The van der Waals surface area contributed by atoms with Gasteiger partial charge in [0.2, 0.25) is 5.95 Å². The number of morpholine rings is 1. The van der Waals surface area contributed by atoms with Crippen molar-refractivity contribution in [1.29, 1.82) is 0 Å². The second-order valence-corrected chi connectivity index (χ2v) is 4.28. The smallest absolute Gasteiger partial charge is 0.223 e. The zero-order valence-electron chi connectivity index (χ0n) is 10.1. The molecular weight excluding hydrogens is 220 g/mol. The van der Waals surface area contributed by atoms with Gasteiger partial charge in [0.15, 0.2) is 0 Å². The van der Waals surface area contributed by atoms with Crippen LogP contribution in [0.2, 0.25) is 0 Å². The number of nitrogens with one attached hydrogen (secondary N) is 1. The molecule has 0 saturated carbocycles. The largest absolute Gasteiger partial charge is 0.372 e. The molecule has 2 atom stereocenters. The number of rotatable bonds is 2. The molecule has 1 aliphatic rings. The van der Waals surface area contributed by atoms with Gasteiger partial charge in [0.05, 0.1) is 12.2 Å². The van der Waals surface area contributed by atoms with E-state index in [0.29, 0.717) is 5.82 Å². The number of aromatic nitrogens is 2. The van der Waals surface area contributed by atoms with E-state index < -0.39 is 0 Å². The molecule has 0 aromatic carbocycles. The summed E-state index contributed by atoms with van der Waals surface area (Å²) >= 11 is 0. The summed E-state index contributed by atoms with van der Waals surface area (Å²) in [4.78, 5) is 10.3. The molecular formula is C10H18N6O. The van der Waals surface area contributed by atoms with Gasteiger partial charge in [-0.05, 0) is 13.8 Å². The van der Waals surface area contributed by atoms with Crippen LogP contribution >= 0.6 is 0 Å². The highest BCUT2D eigenvalue weighted by molar-refractivity contribution is 5.52. The van der Waals surface area contributed by atoms with Crippen LogP contribution in [0.4, 0.5) is 17.6 Å². The molecule has 2 heterocycles. The number of nitrogens with zero attached hydrogens (tertiary/aromatic N) is 3. The molecule has 0 aliphatic carbocycles. The van der Waals surface area contributed by atoms with Gasteiger partial charge >= 0.3 is 0 Å². The van der Waals surface area contributed by atoms with Crippen molar-refractivity contribution in [2.75, 3.05) is 29.1 Å². The quantitative estimate of drug-likeness (QED) is 0.490. The molecule has 1 saturated heterocycles. The number of nitrogens with two attached hydrogens (primary N) is 2. The van der Waals surface area contributed by atoms with Crippen LogP contribution in [0, 0.1) is 0 Å². The summed E-state index contributed by atoms with van der Waals surface area (Å²) in [6.07, 6.45) is 0.341. The molecule has 1 aliphatic heterocycles. The van der Waals surface area contributed by atoms with Crippen molar-refractivity contribution in [3.63, 3.8) is 0 Å². The van der Waals surface area contributed by atoms with Crippen molar-refractivity contribution >= 4 is 17.6 Å². The molecule has 0 bridgehead atoms. The zero-order valence-corrected chi connectivity index (χ0v) is 10.1. The Bertz CT molecular complexity index is 388. The van der Waals surface area contributed by atoms with Gasteiger partial charge in [-0.1, -0.05) is 0 Å². The Labute approximate surface area is 100 Å². The highest BCUT2D eigenvalue weighted by atomic mass is 16.5. The topological polar surface area (TPSA) is 102 Å². The Kier molecular flexibility index (Phi) is 3.30. The third-order valence-corrected chi connectivity index (χ3v) is 2.62. The van der Waals surface area contributed by atoms with E-state index in [2.05, 4.69) is 20.3 Å². The number of hydrogen-bond donors (Lipinski definition) is 3. The minimum absolute atomic E-state index is 0.171. The Morgan fingerprint density at radius 1 is 1.35 bits per heavy atom. The first-order valence-corrected chi connectivity index (χ1v) is 5.60. The molecule has 5 N–H and O–H groups in total. The van der Waals surface area contributed by atoms with Crippen LogP contribution in [0.1, 0.15) is 13.8 Å². The summed E-state index contributed by atoms with van der Waals surface area (Å²) in [7, 11) is 0. The lowest BCUT2D eigenvalue weighted by atomic mass is 10.2. The fourth-order valence-electron chi connectivity index (χ4n) is 2.05. The maximum Gasteiger partial charge on any atom is 0.223 e. The molecule has 0 spiro atoms. The van der Waals surface area contributed by atoms with Gasteiger partial charge in [-0.3, -0.25) is 0 Å². The summed E-state index contributed by atoms with van der Waals surface area (Å²) in [5.41, 5.74) is 8.12. The van der Waals surface area contributed by atoms with Crippen molar-refractivity contribution in [1.82, 2.24) is 9.97 Å². The van der Waals surface area contributed by atoms with Crippen molar-refractivity contribution < 1.29 is 4.74 Å². The maximum atomic E-state index is 5.67. The second-order valence-electron chi connectivity index (χ2n) is 4.28. The number of nitrogen functional groups attached to an aromatic ring is 2. The maximum absolute atomic E-state index is 5.67. The van der Waals surface area contributed by atoms with E-state index in [-0.39, 0.29) is 18.2 Å². The van der Waals surface area contributed by atoms with Gasteiger partial charge in [-0.2, -0.15) is 9.97 Å². The lowest BCUT2D eigenvalue weighted by Gasteiger charge is -2.36. The minimum Gasteiger partial charge on any atom is -0.372 e. The summed E-state index contributed by atoms with van der Waals surface area (Å²) in [6.45, 7) is 5.64. The van der Waals surface area contributed by atoms with Gasteiger partial charge in [0.1, 0.15) is 11.6 Å². The molecule has 7 nitrogen and oxygen atoms in total. The van der Waals surface area contributed by atoms with E-state index in [0.717, 1.165) is 18.9 Å². The van der Waals surface area contributed by atoms with Crippen LogP contribution in [0.5, 0.6) is 0 Å². The van der Waals surface area contributed by atoms with E-state index in [1.807, 2.05) is 13.8 Å². The van der Waals surface area contributed by atoms with Crippen molar-refractivity contribution in [3.05, 3.63) is 6.07 Å². The predicted molar refractivity (Wildman–Crippen MR) is 66.5 cm³/mol. The fourth-order valence-corrected chi connectivity index (χ4v) is 2.05. The van der Waals surface area contributed by atoms with Crippen LogP contribution in [-0.4, -0.2) is 35.3 Å². The number of hydrogen-bond acceptors (Lipinski definition) is 7. The van der Waals surface area contributed by atoms with Crippen LogP contribution in [-0.2, 0) is 4.74 Å². The molecule has 0 amide bonds. The van der Waals surface area contributed by atoms with E-state index in [9.17, 15) is 0 Å². The van der Waals surface area contributed by atoms with Gasteiger partial charge in [-0.15, -0.1) is 0 Å². The standard InChI is InChI=1S/C10H18N6O/c1-6-4-16(5-7(2)17-6)9-3-8(15-12)13-10(11)14-9/h3,6-7H,4-5,12H2,1-2H3,(H3,11,13,14,15). The van der Waals surface area contributed by atoms with Crippen LogP contribution < -0.4 is 21.9 Å². The Morgan fingerprint density at radius 3 is 2.59 bits per heavy atom. The first-order valence-electron chi connectivity index (χ1n) is 5.60. The highest BCUT2D eigenvalue weighted by Crippen LogP contribution is 2.21. The summed E-state index contributed by atoms with van der Waals surface area (Å²) < 4.78 is 5.67. The fraction of sp³-hybridized carbons (Fsp3) is 0.600. The zero-order chi connectivity index (χ0) is 12.4. The molecule has 0 radical (unpaired) electrons. The molecule has 17 heavy (non-hydrogen) atoms. The van der Waals surface area contributed by atoms with Gasteiger partial charge in [0, 0.05) is 19.2 Å². The van der Waals surface area contributed by atoms with E-state index in [1.165, 1.54) is 0 Å². The average molecular weight is 238 g/mol. The average Bonchev–Trinajstić information content (AvgIpc) is 2.26. The lowest BCUT2D eigenvalue weighted by molar-refractivity contribution is -0.00545. The first-order chi connectivity index (χ1) is 8.08. The second kappa shape index (κ2) is 4.72. The molecule has 2 unspecified atom stereocenters. The van der Waals surface area contributed by atoms with Crippen LogP contribution in [0.25, 0.3) is 0 Å². The minimum atomic E-state index is 0.171. The molecule has 94 valence electrons. The molecule has 1 fully saturated rings. The molecule has 1 aromatic rings. The van der Waals surface area contributed by atoms with Crippen molar-refractivity contribution in [2.45, 2.75) is 26.1 Å². The number of anilines is 3. The van der Waals surface area contributed by atoms with Crippen LogP contribution in [0.3, 0.4) is 0 Å². The monoisotopic (exact) mass is 238 g/mol. The van der Waals surface area contributed by atoms with Crippen molar-refractivity contribution in [2.24, 2.45) is 5.84 Å². The van der Waals surface area contributed by atoms with Crippen LogP contribution in [0.15, 0.2) is 6.07 Å². The Morgan fingerprint density at radius 2 is 2.00 bits per heavy atom. The lowest BCUT2D eigenvalue weighted by Crippen LogP contribution is -2.46. The molecule has 7 heteroatoms. The Hall–Kier alpha value is -1.60. The van der Waals surface area contributed by atoms with E-state index >= 15 is 0 Å². The summed E-state index contributed by atoms with van der Waals surface area (Å²) in [5, 5.41) is 0. The van der Waals surface area contributed by atoms with E-state index in [1.54, 1.807) is 6.07 Å². The Balaban J connectivity index is 2.23. The highest BCUT2D eigenvalue weighted by Gasteiger charge is 2.23. The van der Waals surface area contributed by atoms with E-state index in [4.69, 9.17) is 16.3 Å². The SMILES string of the molecule is CC1CN(c2cc(NN)nc(N)n2)CC(C)O1. The normalized spacial score (nSPS) is 24.8. The third kappa shape index (κ3) is 2.75. The van der Waals surface area contributed by atoms with Gasteiger partial charge in [0.25, 0.3) is 0 Å². The van der Waals surface area contributed by atoms with Gasteiger partial charge < -0.3 is 20.8 Å². The van der Waals surface area contributed by atoms with Crippen molar-refractivity contribution in [3.8, 4) is 0 Å². The predicted octanol–water partition coefficient (Wildman–Crippen LogP) is -0.0420. The summed E-state index contributed by atoms with van der Waals surface area (Å²) in [5.74, 6) is 6.83. The molecule has 1 aromatic heterocycles. The third-order valence-electron chi connectivity index (χ3n) is 2.62. The number of ether oxygens (including phenoxy) is 1. The van der Waals surface area contributed by atoms with Gasteiger partial charge in [-0.25, -0.2) is 5.84 Å². The summed E-state index contributed by atoms with van der Waals surface area (Å²) in [6, 6.07) is 1.78.